The lowest BCUT2D eigenvalue weighted by Gasteiger charge is -2.43. The standard InChI is InChI=1S/C48H57N11O6/c1-4-39-47(63)56(2)41-27-50-48(53-44(41)59(39)35-10-5-6-11-35)51-37-19-13-31(26-42(37)64-3)38-29-58(55-54-38)34-16-14-33(15-17-34)49-22-24-65-23-8-7-9-30-12-18-36-32(25-30)28-57(46(36)62)40-20-21-43(60)52-45(40)61/h12-13,18-19,25-27,29,33-35,39-40,49H,4-6,8,10-11,14-17,20-24,28H2,1-3H3,(H,50,51,53)(H,52,60,61)/t33-,34+,39-,40?/m1/s1. The summed E-state index contributed by atoms with van der Waals surface area (Å²) in [6.45, 7) is 4.28. The van der Waals surface area contributed by atoms with Gasteiger partial charge in [-0.1, -0.05) is 42.9 Å². The zero-order chi connectivity index (χ0) is 45.0. The molecule has 2 atom stereocenters. The molecule has 0 radical (unpaired) electrons. The molecule has 65 heavy (non-hydrogen) atoms. The van der Waals surface area contributed by atoms with Gasteiger partial charge < -0.3 is 34.8 Å². The largest absolute Gasteiger partial charge is 0.495 e. The van der Waals surface area contributed by atoms with Gasteiger partial charge in [0.05, 0.1) is 44.4 Å². The first-order chi connectivity index (χ1) is 31.7. The van der Waals surface area contributed by atoms with Crippen LogP contribution in [0.1, 0.15) is 112 Å². The number of hydrogen-bond donors (Lipinski definition) is 3. The number of nitrogens with zero attached hydrogens (tertiary/aromatic N) is 8. The molecule has 3 aliphatic heterocycles. The highest BCUT2D eigenvalue weighted by atomic mass is 16.5. The molecule has 3 fully saturated rings. The minimum Gasteiger partial charge on any atom is -0.495 e. The van der Waals surface area contributed by atoms with E-state index in [9.17, 15) is 19.2 Å². The fraction of sp³-hybridized carbons (Fsp3) is 0.500. The normalized spacial score (nSPS) is 22.1. The number of anilines is 4. The Labute approximate surface area is 379 Å². The van der Waals surface area contributed by atoms with Crippen molar-refractivity contribution >= 4 is 46.8 Å². The van der Waals surface area contributed by atoms with Gasteiger partial charge in [0.2, 0.25) is 23.7 Å². The van der Waals surface area contributed by atoms with Crippen molar-refractivity contribution in [1.29, 1.82) is 0 Å². The molecule has 17 nitrogen and oxygen atoms in total. The van der Waals surface area contributed by atoms with E-state index in [1.807, 2.05) is 48.3 Å². The maximum absolute atomic E-state index is 13.3. The number of aromatic nitrogens is 5. The summed E-state index contributed by atoms with van der Waals surface area (Å²) in [7, 11) is 3.45. The van der Waals surface area contributed by atoms with Crippen molar-refractivity contribution in [3.63, 3.8) is 0 Å². The molecule has 2 saturated carbocycles. The SMILES string of the molecule is CC[C@@H]1C(=O)N(C)c2cnc(Nc3ccc(-c4cn([C@H]5CC[C@@H](NCCOCCC#Cc6ccc7c(c6)CN(C6CCC(=O)NC6=O)C7=O)CC5)nn4)cc3OC)nc2N1C1CCCC1. The Hall–Kier alpha value is -6.38. The van der Waals surface area contributed by atoms with Gasteiger partial charge in [-0.15, -0.1) is 5.10 Å². The van der Waals surface area contributed by atoms with Crippen molar-refractivity contribution < 1.29 is 28.7 Å². The molecule has 2 aromatic carbocycles. The van der Waals surface area contributed by atoms with Crippen LogP contribution in [0.4, 0.5) is 23.1 Å². The molecule has 5 aliphatic rings. The van der Waals surface area contributed by atoms with Gasteiger partial charge in [-0.2, -0.15) is 4.98 Å². The third-order valence-corrected chi connectivity index (χ3v) is 13.5. The monoisotopic (exact) mass is 883 g/mol. The molecule has 5 heterocycles. The Morgan fingerprint density at radius 1 is 0.954 bits per heavy atom. The highest BCUT2D eigenvalue weighted by Gasteiger charge is 2.42. The van der Waals surface area contributed by atoms with Crippen molar-refractivity contribution in [2.75, 3.05) is 49.0 Å². The van der Waals surface area contributed by atoms with Gasteiger partial charge >= 0.3 is 0 Å². The third kappa shape index (κ3) is 9.28. The van der Waals surface area contributed by atoms with Crippen LogP contribution in [0.2, 0.25) is 0 Å². The van der Waals surface area contributed by atoms with E-state index in [1.54, 1.807) is 29.2 Å². The number of amides is 4. The smallest absolute Gasteiger partial charge is 0.255 e. The summed E-state index contributed by atoms with van der Waals surface area (Å²) in [6.07, 6.45) is 14.1. The van der Waals surface area contributed by atoms with Gasteiger partial charge in [-0.05, 0) is 87.3 Å². The lowest BCUT2D eigenvalue weighted by Crippen LogP contribution is -2.55. The number of carbonyl (C=O) groups excluding carboxylic acids is 4. The van der Waals surface area contributed by atoms with Gasteiger partial charge in [0.25, 0.3) is 5.91 Å². The first kappa shape index (κ1) is 43.9. The summed E-state index contributed by atoms with van der Waals surface area (Å²) >= 11 is 0. The topological polar surface area (TPSA) is 189 Å². The highest BCUT2D eigenvalue weighted by Crippen LogP contribution is 2.41. The number of piperidine rings is 1. The summed E-state index contributed by atoms with van der Waals surface area (Å²) in [6, 6.07) is 11.5. The molecule has 4 aromatic rings. The Kier molecular flexibility index (Phi) is 13.1. The second-order valence-electron chi connectivity index (χ2n) is 17.6. The zero-order valence-corrected chi connectivity index (χ0v) is 37.3. The predicted molar refractivity (Wildman–Crippen MR) is 244 cm³/mol. The molecule has 2 aromatic heterocycles. The molecule has 0 spiro atoms. The molecule has 340 valence electrons. The van der Waals surface area contributed by atoms with Crippen LogP contribution < -0.4 is 30.5 Å². The average Bonchev–Trinajstić information content (AvgIpc) is 4.11. The lowest BCUT2D eigenvalue weighted by atomic mass is 9.91. The van der Waals surface area contributed by atoms with Crippen molar-refractivity contribution in [2.45, 2.75) is 121 Å². The van der Waals surface area contributed by atoms with E-state index in [-0.39, 0.29) is 42.3 Å². The van der Waals surface area contributed by atoms with Crippen LogP contribution in [-0.4, -0.2) is 112 Å². The Morgan fingerprint density at radius 3 is 2.57 bits per heavy atom. The number of likely N-dealkylation sites (N-methyl/N-ethyl adjacent to an activating group) is 1. The van der Waals surface area contributed by atoms with Crippen molar-refractivity contribution in [1.82, 2.24) is 40.5 Å². The number of rotatable bonds is 14. The van der Waals surface area contributed by atoms with Gasteiger partial charge in [0.1, 0.15) is 29.2 Å². The molecule has 4 amide bonds. The highest BCUT2D eigenvalue weighted by molar-refractivity contribution is 6.06. The van der Waals surface area contributed by atoms with E-state index in [0.717, 1.165) is 97.5 Å². The number of benzene rings is 2. The second kappa shape index (κ2) is 19.4. The third-order valence-electron chi connectivity index (χ3n) is 13.5. The van der Waals surface area contributed by atoms with Gasteiger partial charge in [0, 0.05) is 61.8 Å². The summed E-state index contributed by atoms with van der Waals surface area (Å²) in [5.74, 6) is 7.40. The van der Waals surface area contributed by atoms with Gasteiger partial charge in [-0.3, -0.25) is 24.5 Å². The maximum atomic E-state index is 13.3. The van der Waals surface area contributed by atoms with Crippen LogP contribution in [0.25, 0.3) is 11.3 Å². The number of fused-ring (bicyclic) bond motifs is 2. The minimum absolute atomic E-state index is 0.0879. The summed E-state index contributed by atoms with van der Waals surface area (Å²) in [5.41, 5.74) is 5.35. The van der Waals surface area contributed by atoms with Crippen LogP contribution in [0.3, 0.4) is 0 Å². The number of imide groups is 1. The molecule has 2 aliphatic carbocycles. The molecule has 3 N–H and O–H groups in total. The Bertz CT molecular complexity index is 2500. The summed E-state index contributed by atoms with van der Waals surface area (Å²) in [4.78, 5) is 65.3. The molecule has 0 bridgehead atoms. The minimum atomic E-state index is -0.629. The zero-order valence-electron chi connectivity index (χ0n) is 37.3. The van der Waals surface area contributed by atoms with Gasteiger partial charge in [0.15, 0.2) is 5.82 Å². The van der Waals surface area contributed by atoms with E-state index < -0.39 is 11.9 Å². The molecular formula is C48H57N11O6. The van der Waals surface area contributed by atoms with Crippen LogP contribution >= 0.6 is 0 Å². The van der Waals surface area contributed by atoms with E-state index in [4.69, 9.17) is 14.5 Å². The number of ether oxygens (including phenoxy) is 2. The molecule has 1 unspecified atom stereocenters. The van der Waals surface area contributed by atoms with E-state index >= 15 is 0 Å². The Balaban J connectivity index is 0.713. The number of carbonyl (C=O) groups is 4. The molecule has 9 rings (SSSR count). The first-order valence-electron chi connectivity index (χ1n) is 23.1. The summed E-state index contributed by atoms with van der Waals surface area (Å²) in [5, 5.41) is 18.4. The quantitative estimate of drug-likeness (QED) is 0.0844. The van der Waals surface area contributed by atoms with Crippen LogP contribution in [0.15, 0.2) is 48.8 Å². The molecular weight excluding hydrogens is 827 g/mol. The maximum Gasteiger partial charge on any atom is 0.255 e. The molecule has 1 saturated heterocycles. The summed E-state index contributed by atoms with van der Waals surface area (Å²) < 4.78 is 13.7. The van der Waals surface area contributed by atoms with Crippen LogP contribution in [-0.2, 0) is 25.7 Å². The van der Waals surface area contributed by atoms with Crippen molar-refractivity contribution in [2.24, 2.45) is 0 Å². The fourth-order valence-corrected chi connectivity index (χ4v) is 10.0. The van der Waals surface area contributed by atoms with E-state index in [0.29, 0.717) is 62.3 Å². The average molecular weight is 884 g/mol. The number of nitrogens with one attached hydrogen (secondary N) is 3. The van der Waals surface area contributed by atoms with Gasteiger partial charge in [-0.25, -0.2) is 9.67 Å². The Morgan fingerprint density at radius 2 is 1.78 bits per heavy atom. The number of hydrogen-bond acceptors (Lipinski definition) is 13. The lowest BCUT2D eigenvalue weighted by molar-refractivity contribution is -0.137. The van der Waals surface area contributed by atoms with Crippen molar-refractivity contribution in [3.8, 4) is 28.8 Å². The van der Waals surface area contributed by atoms with Crippen LogP contribution in [0, 0.1) is 11.8 Å². The predicted octanol–water partition coefficient (Wildman–Crippen LogP) is 5.28. The van der Waals surface area contributed by atoms with Crippen molar-refractivity contribution in [3.05, 3.63) is 65.5 Å². The number of methoxy groups -OCH3 is 1. The first-order valence-corrected chi connectivity index (χ1v) is 23.1. The fourth-order valence-electron chi connectivity index (χ4n) is 10.0. The van der Waals surface area contributed by atoms with E-state index in [2.05, 4.69) is 54.9 Å². The second-order valence-corrected chi connectivity index (χ2v) is 17.6. The molecule has 17 heteroatoms. The van der Waals surface area contributed by atoms with Crippen LogP contribution in [0.5, 0.6) is 5.75 Å². The van der Waals surface area contributed by atoms with E-state index in [1.165, 1.54) is 0 Å².